The zero-order chi connectivity index (χ0) is 18.2. The molecule has 0 heterocycles. The average Bonchev–Trinajstić information content (AvgIpc) is 2.64. The number of carbonyl (C=O) groups is 2. The summed E-state index contributed by atoms with van der Waals surface area (Å²) < 4.78 is 5.12. The lowest BCUT2D eigenvalue weighted by molar-refractivity contribution is -0.120. The number of hydrogen-bond acceptors (Lipinski definition) is 4. The van der Waals surface area contributed by atoms with Crippen molar-refractivity contribution in [2.45, 2.75) is 13.0 Å². The quantitative estimate of drug-likeness (QED) is 0.713. The number of nitrogens with one attached hydrogen (secondary N) is 2. The van der Waals surface area contributed by atoms with Crippen LogP contribution in [0.2, 0.25) is 0 Å². The number of ether oxygens (including phenoxy) is 1. The van der Waals surface area contributed by atoms with Crippen molar-refractivity contribution >= 4 is 11.8 Å². The number of aliphatic hydroxyl groups is 1. The Balaban J connectivity index is 1.80. The summed E-state index contributed by atoms with van der Waals surface area (Å²) in [6.45, 7) is 1.85. The minimum Gasteiger partial charge on any atom is -0.496 e. The molecule has 0 radical (unpaired) electrons. The second-order valence-corrected chi connectivity index (χ2v) is 5.61. The van der Waals surface area contributed by atoms with Crippen molar-refractivity contribution < 1.29 is 19.4 Å². The summed E-state index contributed by atoms with van der Waals surface area (Å²) in [5.41, 5.74) is 2.18. The lowest BCUT2D eigenvalue weighted by Gasteiger charge is -2.13. The van der Waals surface area contributed by atoms with E-state index in [0.29, 0.717) is 11.3 Å². The molecule has 0 fully saturated rings. The van der Waals surface area contributed by atoms with E-state index in [-0.39, 0.29) is 19.0 Å². The molecule has 0 aliphatic rings. The maximum Gasteiger partial charge on any atom is 0.255 e. The first-order valence-electron chi connectivity index (χ1n) is 7.94. The van der Waals surface area contributed by atoms with Crippen LogP contribution in [0.15, 0.2) is 48.5 Å². The lowest BCUT2D eigenvalue weighted by atomic mass is 10.1. The normalized spacial score (nSPS) is 11.5. The molecule has 0 aromatic heterocycles. The molecule has 2 rings (SSSR count). The van der Waals surface area contributed by atoms with Crippen molar-refractivity contribution in [3.63, 3.8) is 0 Å². The molecule has 0 unspecified atom stereocenters. The first-order valence-corrected chi connectivity index (χ1v) is 7.94. The highest BCUT2D eigenvalue weighted by atomic mass is 16.5. The van der Waals surface area contributed by atoms with Gasteiger partial charge in [0.05, 0.1) is 25.3 Å². The largest absolute Gasteiger partial charge is 0.496 e. The molecular weight excluding hydrogens is 320 g/mol. The predicted octanol–water partition coefficient (Wildman–Crippen LogP) is 1.58. The number of methoxy groups -OCH3 is 1. The summed E-state index contributed by atoms with van der Waals surface area (Å²) in [7, 11) is 1.48. The van der Waals surface area contributed by atoms with Gasteiger partial charge < -0.3 is 20.5 Å². The van der Waals surface area contributed by atoms with Crippen LogP contribution in [-0.2, 0) is 4.79 Å². The number of benzene rings is 2. The van der Waals surface area contributed by atoms with Gasteiger partial charge in [-0.15, -0.1) is 0 Å². The summed E-state index contributed by atoms with van der Waals surface area (Å²) in [5, 5.41) is 15.2. The summed E-state index contributed by atoms with van der Waals surface area (Å²) in [4.78, 5) is 24.0. The second-order valence-electron chi connectivity index (χ2n) is 5.61. The molecule has 1 atom stereocenters. The third-order valence-electron chi connectivity index (χ3n) is 3.72. The number of carbonyl (C=O) groups excluding carboxylic acids is 2. The molecule has 2 aromatic carbocycles. The molecule has 0 saturated heterocycles. The molecule has 6 nitrogen and oxygen atoms in total. The fraction of sp³-hybridized carbons (Fsp3) is 0.263. The van der Waals surface area contributed by atoms with E-state index >= 15 is 0 Å². The van der Waals surface area contributed by atoms with Gasteiger partial charge in [0.15, 0.2) is 0 Å². The number of amides is 2. The Hall–Kier alpha value is -2.86. The number of hydrogen-bond donors (Lipinski definition) is 3. The highest BCUT2D eigenvalue weighted by molar-refractivity contribution is 5.98. The van der Waals surface area contributed by atoms with Crippen LogP contribution in [0.5, 0.6) is 5.75 Å². The minimum atomic E-state index is -0.797. The van der Waals surface area contributed by atoms with Crippen LogP contribution in [-0.4, -0.2) is 37.1 Å². The third kappa shape index (κ3) is 5.32. The van der Waals surface area contributed by atoms with Gasteiger partial charge in [0.1, 0.15) is 5.75 Å². The Kier molecular flexibility index (Phi) is 6.54. The van der Waals surface area contributed by atoms with E-state index in [4.69, 9.17) is 4.74 Å². The van der Waals surface area contributed by atoms with Crippen LogP contribution in [0.4, 0.5) is 0 Å². The van der Waals surface area contributed by atoms with Crippen LogP contribution in [0.3, 0.4) is 0 Å². The maximum absolute atomic E-state index is 12.1. The third-order valence-corrected chi connectivity index (χ3v) is 3.72. The first kappa shape index (κ1) is 18.5. The fourth-order valence-electron chi connectivity index (χ4n) is 2.27. The number of aryl methyl sites for hydroxylation is 1. The molecule has 6 heteroatoms. The Labute approximate surface area is 146 Å². The number of rotatable bonds is 7. The molecule has 0 aliphatic carbocycles. The Bertz CT molecular complexity index is 728. The number of para-hydroxylation sites is 1. The van der Waals surface area contributed by atoms with E-state index in [9.17, 15) is 14.7 Å². The topological polar surface area (TPSA) is 87.7 Å². The molecule has 2 amide bonds. The van der Waals surface area contributed by atoms with Crippen LogP contribution in [0.25, 0.3) is 0 Å². The van der Waals surface area contributed by atoms with Crippen molar-refractivity contribution in [2.75, 3.05) is 20.2 Å². The maximum atomic E-state index is 12.1. The van der Waals surface area contributed by atoms with Gasteiger partial charge in [-0.05, 0) is 24.6 Å². The zero-order valence-corrected chi connectivity index (χ0v) is 14.3. The standard InChI is InChI=1S/C19H22N2O4/c1-13-7-9-14(10-8-13)16(22)11-20-18(23)12-21-19(24)15-5-3-4-6-17(15)25-2/h3-10,16,22H,11-12H2,1-2H3,(H,20,23)(H,21,24)/t16-/m0/s1. The average molecular weight is 342 g/mol. The minimum absolute atomic E-state index is 0.0758. The van der Waals surface area contributed by atoms with Crippen molar-refractivity contribution in [2.24, 2.45) is 0 Å². The van der Waals surface area contributed by atoms with Crippen molar-refractivity contribution in [3.05, 3.63) is 65.2 Å². The van der Waals surface area contributed by atoms with Crippen LogP contribution >= 0.6 is 0 Å². The fourth-order valence-corrected chi connectivity index (χ4v) is 2.27. The van der Waals surface area contributed by atoms with Gasteiger partial charge in [0.2, 0.25) is 5.91 Å². The monoisotopic (exact) mass is 342 g/mol. The molecular formula is C19H22N2O4. The van der Waals surface area contributed by atoms with E-state index in [1.165, 1.54) is 7.11 Å². The van der Waals surface area contributed by atoms with Gasteiger partial charge in [-0.3, -0.25) is 9.59 Å². The van der Waals surface area contributed by atoms with E-state index in [1.54, 1.807) is 24.3 Å². The van der Waals surface area contributed by atoms with Gasteiger partial charge in [-0.1, -0.05) is 42.0 Å². The molecule has 0 spiro atoms. The second kappa shape index (κ2) is 8.84. The molecule has 3 N–H and O–H groups in total. The number of aliphatic hydroxyl groups excluding tert-OH is 1. The Morgan fingerprint density at radius 3 is 2.44 bits per heavy atom. The SMILES string of the molecule is COc1ccccc1C(=O)NCC(=O)NC[C@H](O)c1ccc(C)cc1. The lowest BCUT2D eigenvalue weighted by Crippen LogP contribution is -2.38. The van der Waals surface area contributed by atoms with Crippen LogP contribution in [0, 0.1) is 6.92 Å². The molecule has 25 heavy (non-hydrogen) atoms. The van der Waals surface area contributed by atoms with Crippen LogP contribution < -0.4 is 15.4 Å². The van der Waals surface area contributed by atoms with Gasteiger partial charge in [0.25, 0.3) is 5.91 Å². The molecule has 0 saturated carbocycles. The molecule has 2 aromatic rings. The van der Waals surface area contributed by atoms with E-state index in [2.05, 4.69) is 10.6 Å². The van der Waals surface area contributed by atoms with Gasteiger partial charge in [-0.25, -0.2) is 0 Å². The van der Waals surface area contributed by atoms with E-state index in [1.807, 2.05) is 31.2 Å². The summed E-state index contributed by atoms with van der Waals surface area (Å²) in [6, 6.07) is 14.2. The van der Waals surface area contributed by atoms with Gasteiger partial charge in [-0.2, -0.15) is 0 Å². The summed E-state index contributed by atoms with van der Waals surface area (Å²) in [6.07, 6.45) is -0.797. The van der Waals surface area contributed by atoms with Gasteiger partial charge >= 0.3 is 0 Å². The highest BCUT2D eigenvalue weighted by Gasteiger charge is 2.13. The van der Waals surface area contributed by atoms with Crippen LogP contribution in [0.1, 0.15) is 27.6 Å². The highest BCUT2D eigenvalue weighted by Crippen LogP contribution is 2.16. The Morgan fingerprint density at radius 1 is 1.08 bits per heavy atom. The van der Waals surface area contributed by atoms with E-state index in [0.717, 1.165) is 11.1 Å². The van der Waals surface area contributed by atoms with Gasteiger partial charge in [0, 0.05) is 6.54 Å². The van der Waals surface area contributed by atoms with E-state index < -0.39 is 12.0 Å². The van der Waals surface area contributed by atoms with Crippen molar-refractivity contribution in [1.29, 1.82) is 0 Å². The molecule has 132 valence electrons. The summed E-state index contributed by atoms with van der Waals surface area (Å²) in [5.74, 6) is -0.337. The predicted molar refractivity (Wildman–Crippen MR) is 94.5 cm³/mol. The van der Waals surface area contributed by atoms with Crippen molar-refractivity contribution in [1.82, 2.24) is 10.6 Å². The zero-order valence-electron chi connectivity index (χ0n) is 14.3. The molecule has 0 aliphatic heterocycles. The summed E-state index contributed by atoms with van der Waals surface area (Å²) >= 11 is 0. The first-order chi connectivity index (χ1) is 12.0. The molecule has 0 bridgehead atoms. The Morgan fingerprint density at radius 2 is 1.76 bits per heavy atom. The smallest absolute Gasteiger partial charge is 0.255 e. The van der Waals surface area contributed by atoms with Crippen molar-refractivity contribution in [3.8, 4) is 5.75 Å².